The second kappa shape index (κ2) is 6.02. The van der Waals surface area contributed by atoms with Crippen LogP contribution in [0.5, 0.6) is 0 Å². The molecule has 0 fully saturated rings. The van der Waals surface area contributed by atoms with Crippen molar-refractivity contribution in [3.63, 3.8) is 0 Å². The quantitative estimate of drug-likeness (QED) is 0.811. The molecule has 6 nitrogen and oxygen atoms in total. The molecule has 0 N–H and O–H groups in total. The van der Waals surface area contributed by atoms with E-state index in [1.54, 1.807) is 19.1 Å². The van der Waals surface area contributed by atoms with Gasteiger partial charge in [0.15, 0.2) is 11.6 Å². The number of hydrogen-bond acceptors (Lipinski definition) is 5. The average molecular weight is 316 g/mol. The van der Waals surface area contributed by atoms with E-state index in [4.69, 9.17) is 9.26 Å². The number of ketones is 1. The molecule has 0 aromatic carbocycles. The zero-order valence-electron chi connectivity index (χ0n) is 13.6. The smallest absolute Gasteiger partial charge is 0.311 e. The van der Waals surface area contributed by atoms with Gasteiger partial charge in [-0.1, -0.05) is 12.1 Å². The normalized spacial score (nSPS) is 17.2. The minimum absolute atomic E-state index is 0.106. The lowest BCUT2D eigenvalue weighted by atomic mass is 9.88. The maximum absolute atomic E-state index is 12.3. The highest BCUT2D eigenvalue weighted by atomic mass is 16.5. The van der Waals surface area contributed by atoms with Crippen molar-refractivity contribution in [2.24, 2.45) is 5.92 Å². The summed E-state index contributed by atoms with van der Waals surface area (Å²) in [6, 6.07) is 3.60. The van der Waals surface area contributed by atoms with Crippen molar-refractivity contribution in [3.05, 3.63) is 34.8 Å². The predicted octanol–water partition coefficient (Wildman–Crippen LogP) is 2.64. The zero-order valence-corrected chi connectivity index (χ0v) is 13.6. The number of aromatic nitrogens is 2. The van der Waals surface area contributed by atoms with Gasteiger partial charge in [-0.2, -0.15) is 0 Å². The number of aryl methyl sites for hydroxylation is 1. The fourth-order valence-electron chi connectivity index (χ4n) is 3.11. The highest BCUT2D eigenvalue weighted by Crippen LogP contribution is 2.31. The molecule has 1 aliphatic rings. The van der Waals surface area contributed by atoms with Crippen LogP contribution in [0.2, 0.25) is 0 Å². The molecular weight excluding hydrogens is 296 g/mol. The van der Waals surface area contributed by atoms with Gasteiger partial charge in [0.05, 0.1) is 13.0 Å². The van der Waals surface area contributed by atoms with Crippen molar-refractivity contribution >= 4 is 11.8 Å². The molecule has 2 heterocycles. The summed E-state index contributed by atoms with van der Waals surface area (Å²) in [5, 5.41) is 4.05. The van der Waals surface area contributed by atoms with Crippen LogP contribution in [-0.4, -0.2) is 28.1 Å². The first-order valence-corrected chi connectivity index (χ1v) is 7.85. The summed E-state index contributed by atoms with van der Waals surface area (Å²) in [7, 11) is 0. The van der Waals surface area contributed by atoms with Crippen LogP contribution in [0.3, 0.4) is 0 Å². The minimum atomic E-state index is -0.315. The molecule has 6 heteroatoms. The summed E-state index contributed by atoms with van der Waals surface area (Å²) in [5.41, 5.74) is 2.30. The molecule has 2 aromatic heterocycles. The number of ether oxygens (including phenoxy) is 1. The largest absolute Gasteiger partial charge is 0.466 e. The number of rotatable bonds is 4. The molecule has 0 radical (unpaired) electrons. The first-order chi connectivity index (χ1) is 11.0. The van der Waals surface area contributed by atoms with Gasteiger partial charge in [-0.05, 0) is 32.3 Å². The third-order valence-corrected chi connectivity index (χ3v) is 4.03. The number of fused-ring (bicyclic) bond motifs is 1. The van der Waals surface area contributed by atoms with Gasteiger partial charge < -0.3 is 9.26 Å². The lowest BCUT2D eigenvalue weighted by Gasteiger charge is -2.19. The molecule has 0 saturated heterocycles. The minimum Gasteiger partial charge on any atom is -0.466 e. The second-order valence-corrected chi connectivity index (χ2v) is 6.05. The molecular formula is C17H20N2O4. The van der Waals surface area contributed by atoms with Gasteiger partial charge in [-0.15, -0.1) is 0 Å². The Morgan fingerprint density at radius 3 is 2.87 bits per heavy atom. The summed E-state index contributed by atoms with van der Waals surface area (Å²) in [5.74, 6) is 1.35. The molecule has 0 amide bonds. The van der Waals surface area contributed by atoms with E-state index >= 15 is 0 Å². The van der Waals surface area contributed by atoms with Gasteiger partial charge in [0.1, 0.15) is 5.76 Å². The van der Waals surface area contributed by atoms with Crippen LogP contribution in [0.1, 0.15) is 47.8 Å². The lowest BCUT2D eigenvalue weighted by Crippen LogP contribution is -2.20. The Morgan fingerprint density at radius 1 is 1.43 bits per heavy atom. The van der Waals surface area contributed by atoms with Crippen molar-refractivity contribution in [3.8, 4) is 5.82 Å². The van der Waals surface area contributed by atoms with E-state index < -0.39 is 0 Å². The summed E-state index contributed by atoms with van der Waals surface area (Å²) < 4.78 is 12.1. The molecule has 3 rings (SSSR count). The van der Waals surface area contributed by atoms with Crippen LogP contribution in [-0.2, 0) is 22.4 Å². The molecule has 0 spiro atoms. The fraction of sp³-hybridized carbons (Fsp3) is 0.471. The molecule has 122 valence electrons. The van der Waals surface area contributed by atoms with Gasteiger partial charge in [0.25, 0.3) is 0 Å². The SMILES string of the molecule is CCOC(=O)Cc1cc2c(n1-c1cc(C)on1)C[C@@H](C)CC2=O. The van der Waals surface area contributed by atoms with Gasteiger partial charge in [-0.3, -0.25) is 14.2 Å². The van der Waals surface area contributed by atoms with E-state index in [1.807, 2.05) is 11.5 Å². The zero-order chi connectivity index (χ0) is 16.6. The van der Waals surface area contributed by atoms with Gasteiger partial charge >= 0.3 is 5.97 Å². The Labute approximate surface area is 134 Å². The van der Waals surface area contributed by atoms with Crippen LogP contribution in [0.4, 0.5) is 0 Å². The number of Topliss-reactive ketones (excluding diaryl/α,β-unsaturated/α-hetero) is 1. The molecule has 2 aromatic rings. The van der Waals surface area contributed by atoms with Crippen LogP contribution in [0.15, 0.2) is 16.7 Å². The molecule has 0 bridgehead atoms. The molecule has 1 atom stereocenters. The Balaban J connectivity index is 2.09. The summed E-state index contributed by atoms with van der Waals surface area (Å²) >= 11 is 0. The standard InChI is InChI=1S/C17H20N2O4/c1-4-22-17(21)9-12-8-13-14(5-10(2)6-15(13)20)19(12)16-7-11(3)23-18-16/h7-8,10H,4-6,9H2,1-3H3/t10-/m1/s1. The maximum Gasteiger partial charge on any atom is 0.311 e. The average Bonchev–Trinajstić information content (AvgIpc) is 3.02. The van der Waals surface area contributed by atoms with Crippen LogP contribution >= 0.6 is 0 Å². The molecule has 23 heavy (non-hydrogen) atoms. The summed E-state index contributed by atoms with van der Waals surface area (Å²) in [4.78, 5) is 24.2. The van der Waals surface area contributed by atoms with E-state index in [9.17, 15) is 9.59 Å². The third kappa shape index (κ3) is 2.93. The Kier molecular flexibility index (Phi) is 4.07. The van der Waals surface area contributed by atoms with Crippen molar-refractivity contribution in [2.75, 3.05) is 6.61 Å². The molecule has 0 unspecified atom stereocenters. The number of nitrogens with zero attached hydrogens (tertiary/aromatic N) is 2. The van der Waals surface area contributed by atoms with E-state index in [0.29, 0.717) is 35.9 Å². The first kappa shape index (κ1) is 15.5. The number of hydrogen-bond donors (Lipinski definition) is 0. The van der Waals surface area contributed by atoms with Crippen LogP contribution in [0, 0.1) is 12.8 Å². The van der Waals surface area contributed by atoms with E-state index in [1.165, 1.54) is 0 Å². The Bertz CT molecular complexity index is 757. The fourth-order valence-corrected chi connectivity index (χ4v) is 3.11. The van der Waals surface area contributed by atoms with Crippen molar-refractivity contribution in [2.45, 2.75) is 40.0 Å². The van der Waals surface area contributed by atoms with E-state index in [0.717, 1.165) is 12.1 Å². The van der Waals surface area contributed by atoms with Gasteiger partial charge in [0.2, 0.25) is 0 Å². The summed E-state index contributed by atoms with van der Waals surface area (Å²) in [6.45, 7) is 5.97. The van der Waals surface area contributed by atoms with Crippen LogP contribution in [0.25, 0.3) is 5.82 Å². The molecule has 0 saturated carbocycles. The second-order valence-electron chi connectivity index (χ2n) is 6.05. The van der Waals surface area contributed by atoms with Crippen molar-refractivity contribution in [1.29, 1.82) is 0 Å². The molecule has 0 aliphatic heterocycles. The van der Waals surface area contributed by atoms with Crippen molar-refractivity contribution in [1.82, 2.24) is 9.72 Å². The summed E-state index contributed by atoms with van der Waals surface area (Å²) in [6.07, 6.45) is 1.41. The van der Waals surface area contributed by atoms with Gasteiger partial charge in [-0.25, -0.2) is 0 Å². The number of carbonyl (C=O) groups is 2. The monoisotopic (exact) mass is 316 g/mol. The number of carbonyl (C=O) groups excluding carboxylic acids is 2. The lowest BCUT2D eigenvalue weighted by molar-refractivity contribution is -0.142. The highest BCUT2D eigenvalue weighted by molar-refractivity contribution is 5.99. The van der Waals surface area contributed by atoms with Gasteiger partial charge in [0, 0.05) is 29.4 Å². The topological polar surface area (TPSA) is 74.3 Å². The van der Waals surface area contributed by atoms with Crippen LogP contribution < -0.4 is 0 Å². The van der Waals surface area contributed by atoms with E-state index in [2.05, 4.69) is 12.1 Å². The first-order valence-electron chi connectivity index (χ1n) is 7.85. The molecule has 1 aliphatic carbocycles. The number of esters is 1. The van der Waals surface area contributed by atoms with Crippen molar-refractivity contribution < 1.29 is 18.8 Å². The Hall–Kier alpha value is -2.37. The highest BCUT2D eigenvalue weighted by Gasteiger charge is 2.29. The predicted molar refractivity (Wildman–Crippen MR) is 82.7 cm³/mol. The maximum atomic E-state index is 12.3. The third-order valence-electron chi connectivity index (χ3n) is 4.03. The Morgan fingerprint density at radius 2 is 2.22 bits per heavy atom. The van der Waals surface area contributed by atoms with E-state index in [-0.39, 0.29) is 24.1 Å².